The van der Waals surface area contributed by atoms with Crippen molar-refractivity contribution in [2.75, 3.05) is 0 Å². The molecule has 0 aromatic rings. The van der Waals surface area contributed by atoms with Crippen LogP contribution in [0, 0.1) is 0 Å². The van der Waals surface area contributed by atoms with Crippen LogP contribution in [0.3, 0.4) is 0 Å². The van der Waals surface area contributed by atoms with Gasteiger partial charge < -0.3 is 145 Å². The third-order valence-electron chi connectivity index (χ3n) is 0. The molecule has 0 aliphatic rings. The van der Waals surface area contributed by atoms with Crippen molar-refractivity contribution in [3.05, 3.63) is 0 Å². The zero-order chi connectivity index (χ0) is 35.8. The van der Waals surface area contributed by atoms with Gasteiger partial charge in [-0.15, -0.1) is 0 Å². The Bertz CT molecular complexity index is 496. The van der Waals surface area contributed by atoms with Gasteiger partial charge >= 0.3 is 272 Å². The SMILES string of the molecule is O=C(O)O.O=C([O-])O.O=C([O-])O.O=C([O-])O.O=C([O-])O.O=C([O-])O.O=C([O-])O.O=C([O-])O.O=C([O-])O.O=C([O-])O.[Na+].[Na+].[Na+].[Na+].[Na+].[Na+].[Na+].[Na+].[Na+]. The van der Waals surface area contributed by atoms with Crippen LogP contribution in [0.2, 0.25) is 0 Å². The first-order chi connectivity index (χ1) is 17.3. The van der Waals surface area contributed by atoms with Crippen molar-refractivity contribution in [1.29, 1.82) is 0 Å². The molecule has 0 saturated carbocycles. The summed E-state index contributed by atoms with van der Waals surface area (Å²) in [5, 5.41) is 152. The number of hydrogen-bond donors (Lipinski definition) is 11. The summed E-state index contributed by atoms with van der Waals surface area (Å²) in [6.07, 6.45) is -20.6. The number of carboxylic acid groups (broad SMARTS) is 20. The molecule has 39 heteroatoms. The Hall–Kier alpha value is 1.70. The molecule has 0 spiro atoms. The maximum Gasteiger partial charge on any atom is 1.00 e. The van der Waals surface area contributed by atoms with Gasteiger partial charge in [-0.1, -0.05) is 0 Å². The topological polar surface area (TPSA) is 601 Å². The Balaban J connectivity index is -0.0000000118. The quantitative estimate of drug-likeness (QED) is 0.101. The van der Waals surface area contributed by atoms with Gasteiger partial charge in [0, 0.05) is 0 Å². The molecule has 0 heterocycles. The molecule has 0 radical (unpaired) electrons. The zero-order valence-corrected chi connectivity index (χ0v) is 44.7. The summed E-state index contributed by atoms with van der Waals surface area (Å²) < 4.78 is 0. The molecule has 0 bridgehead atoms. The maximum atomic E-state index is 8.56. The molecule has 11 N–H and O–H groups in total. The third-order valence-corrected chi connectivity index (χ3v) is 0. The van der Waals surface area contributed by atoms with Gasteiger partial charge in [-0.2, -0.15) is 0 Å². The molecule has 49 heavy (non-hydrogen) atoms. The van der Waals surface area contributed by atoms with E-state index in [9.17, 15) is 0 Å². The van der Waals surface area contributed by atoms with Crippen LogP contribution in [0.5, 0.6) is 0 Å². The first-order valence-corrected chi connectivity index (χ1v) is 6.34. The van der Waals surface area contributed by atoms with E-state index in [1.807, 2.05) is 0 Å². The number of rotatable bonds is 0. The average molecular weight is 818 g/mol. The van der Waals surface area contributed by atoms with Gasteiger partial charge in [0.05, 0.1) is 0 Å². The summed E-state index contributed by atoms with van der Waals surface area (Å²) in [7, 11) is 0. The Morgan fingerprint density at radius 2 is 0.204 bits per heavy atom. The van der Waals surface area contributed by atoms with Gasteiger partial charge in [0.15, 0.2) is 0 Å². The summed E-state index contributed by atoms with van der Waals surface area (Å²) in [4.78, 5) is 84.6. The van der Waals surface area contributed by atoms with Crippen LogP contribution in [0.4, 0.5) is 47.9 Å². The van der Waals surface area contributed by atoms with Crippen LogP contribution in [0.25, 0.3) is 0 Å². The molecule has 0 unspecified atom stereocenters. The van der Waals surface area contributed by atoms with Crippen LogP contribution in [0.1, 0.15) is 0 Å². The molecule has 30 nitrogen and oxygen atoms in total. The third kappa shape index (κ3) is 39100. The van der Waals surface area contributed by atoms with Gasteiger partial charge in [0.2, 0.25) is 55.4 Å². The van der Waals surface area contributed by atoms with E-state index >= 15 is 0 Å². The number of hydrogen-bond acceptors (Lipinski definition) is 19. The van der Waals surface area contributed by atoms with Gasteiger partial charge in [-0.3, -0.25) is 0 Å². The van der Waals surface area contributed by atoms with Crippen LogP contribution in [-0.4, -0.2) is 118 Å². The first kappa shape index (κ1) is 125. The van der Waals surface area contributed by atoms with Crippen molar-refractivity contribution in [3.8, 4) is 0 Å². The van der Waals surface area contributed by atoms with Crippen LogP contribution in [0.15, 0.2) is 0 Å². The predicted molar refractivity (Wildman–Crippen MR) is 82.9 cm³/mol. The summed E-state index contributed by atoms with van der Waals surface area (Å²) >= 11 is 0. The fourth-order valence-electron chi connectivity index (χ4n) is 0. The van der Waals surface area contributed by atoms with Crippen molar-refractivity contribution in [2.24, 2.45) is 0 Å². The Morgan fingerprint density at radius 3 is 0.204 bits per heavy atom. The second-order valence-electron chi connectivity index (χ2n) is 2.68. The van der Waals surface area contributed by atoms with Crippen molar-refractivity contribution in [2.45, 2.75) is 0 Å². The standard InChI is InChI=1S/10CH2O3.9Na/c10*2-1(3)4;;;;;;;;;/h10*(H2,2,3,4);;;;;;;;;/q;;;;;;;;;;9*+1/p-9. The number of carbonyl (C=O) groups is 10. The maximum absolute atomic E-state index is 8.56. The Morgan fingerprint density at radius 1 is 0.204 bits per heavy atom. The second-order valence-corrected chi connectivity index (χ2v) is 2.68. The predicted octanol–water partition coefficient (Wildman–Crippen LogP) is -36.8. The van der Waals surface area contributed by atoms with E-state index < -0.39 is 61.6 Å². The van der Waals surface area contributed by atoms with E-state index in [2.05, 4.69) is 0 Å². The summed E-state index contributed by atoms with van der Waals surface area (Å²) in [5.74, 6) is 0. The molecule has 0 amide bonds. The van der Waals surface area contributed by atoms with Crippen LogP contribution >= 0.6 is 0 Å². The molecular weight excluding hydrogens is 807 g/mol. The second kappa shape index (κ2) is 117. The van der Waals surface area contributed by atoms with Crippen molar-refractivity contribution >= 4 is 61.6 Å². The Kier molecular flexibility index (Phi) is 298. The van der Waals surface area contributed by atoms with Crippen molar-refractivity contribution in [3.63, 3.8) is 0 Å². The first-order valence-electron chi connectivity index (χ1n) is 6.34. The van der Waals surface area contributed by atoms with Gasteiger partial charge in [0.25, 0.3) is 0 Å². The summed E-state index contributed by atoms with van der Waals surface area (Å²) in [6.45, 7) is 0. The van der Waals surface area contributed by atoms with E-state index in [1.54, 1.807) is 0 Å². The molecule has 0 aromatic heterocycles. The van der Waals surface area contributed by atoms with E-state index in [-0.39, 0.29) is 266 Å². The smallest absolute Gasteiger partial charge is 0.565 e. The molecule has 0 aliphatic heterocycles. The summed E-state index contributed by atoms with van der Waals surface area (Å²) in [6, 6.07) is 0. The van der Waals surface area contributed by atoms with E-state index in [0.29, 0.717) is 0 Å². The summed E-state index contributed by atoms with van der Waals surface area (Å²) in [5.41, 5.74) is 0. The molecule has 0 rings (SSSR count). The van der Waals surface area contributed by atoms with Gasteiger partial charge in [-0.05, 0) is 0 Å². The molecule has 0 saturated heterocycles. The van der Waals surface area contributed by atoms with Gasteiger partial charge in [0.1, 0.15) is 0 Å². The van der Waals surface area contributed by atoms with Gasteiger partial charge in [-0.25, -0.2) is 4.79 Å². The normalized spacial score (nSPS) is 4.90. The molecule has 0 atom stereocenters. The van der Waals surface area contributed by atoms with E-state index in [1.165, 1.54) is 0 Å². The molecule has 0 aliphatic carbocycles. The Labute approximate surface area is 468 Å². The van der Waals surface area contributed by atoms with Crippen LogP contribution in [-0.2, 0) is 0 Å². The van der Waals surface area contributed by atoms with E-state index in [0.717, 1.165) is 0 Å². The minimum atomic E-state index is -2.08. The molecular formula is C10H11Na9O30. The minimum Gasteiger partial charge on any atom is -0.565 e. The molecule has 240 valence electrons. The van der Waals surface area contributed by atoms with E-state index in [4.69, 9.17) is 150 Å². The minimum absolute atomic E-state index is 0. The fraction of sp³-hybridized carbons (Fsp3) is 0. The molecule has 0 fully saturated rings. The largest absolute Gasteiger partial charge is 1.00 e. The van der Waals surface area contributed by atoms with Crippen molar-refractivity contribution in [1.82, 2.24) is 0 Å². The monoisotopic (exact) mass is 818 g/mol. The van der Waals surface area contributed by atoms with Crippen LogP contribution < -0.4 is 312 Å². The zero-order valence-electron chi connectivity index (χ0n) is 26.7. The fourth-order valence-corrected chi connectivity index (χ4v) is 0. The average Bonchev–Trinajstić information content (AvgIpc) is 2.47. The van der Waals surface area contributed by atoms with Crippen molar-refractivity contribution < 1.29 is 416 Å². The molecule has 0 aromatic carbocycles.